The van der Waals surface area contributed by atoms with E-state index in [1.165, 1.54) is 10.4 Å². The summed E-state index contributed by atoms with van der Waals surface area (Å²) in [5.41, 5.74) is 2.02. The molecular weight excluding hydrogens is 621 g/mol. The molecule has 4 aliphatic heterocycles. The Labute approximate surface area is 264 Å². The van der Waals surface area contributed by atoms with Crippen LogP contribution in [0, 0.1) is 0 Å². The van der Waals surface area contributed by atoms with Crippen LogP contribution in [-0.4, -0.2) is 43.4 Å². The largest absolute Gasteiger partial charge is 0.504 e. The van der Waals surface area contributed by atoms with E-state index in [0.717, 1.165) is 35.4 Å². The van der Waals surface area contributed by atoms with Crippen molar-refractivity contribution in [3.05, 3.63) is 113 Å². The molecule has 8 nitrogen and oxygen atoms in total. The topological polar surface area (TPSA) is 105 Å². The Morgan fingerprint density at radius 3 is 2.35 bits per heavy atom. The number of hydrogen-bond donors (Lipinski definition) is 2. The summed E-state index contributed by atoms with van der Waals surface area (Å²) in [6.07, 6.45) is -3.01. The zero-order valence-electron chi connectivity index (χ0n) is 24.6. The molecule has 240 valence electrons. The van der Waals surface area contributed by atoms with Crippen molar-refractivity contribution in [3.63, 3.8) is 0 Å². The zero-order valence-corrected chi connectivity index (χ0v) is 25.4. The molecule has 46 heavy (non-hydrogen) atoms. The van der Waals surface area contributed by atoms with Crippen LogP contribution in [0.15, 0.2) is 89.8 Å². The molecule has 2 N–H and O–H groups in total. The smallest absolute Gasteiger partial charge is 0.416 e. The number of sulfonamides is 1. The summed E-state index contributed by atoms with van der Waals surface area (Å²) in [7, 11) is -4.23. The van der Waals surface area contributed by atoms with Crippen LogP contribution in [-0.2, 0) is 33.8 Å². The Hall–Kier alpha value is -4.55. The standard InChI is InChI=1S/C34H31F3N2O6S/c35-34(36,37)25-6-11-28(12-7-25)46(42,43)39-18-16-24-21-27-10-13-29(24)33(39)23-4-8-26(9-5-23)44-19-1-17-38-32(41)15-3-22-2-14-30(40)31(20-22)45-27/h2,4-14,20-21,33,40H,1,3,15-19H2,(H,38,41). The first-order chi connectivity index (χ1) is 22.0. The maximum absolute atomic E-state index is 14.0. The van der Waals surface area contributed by atoms with Gasteiger partial charge in [-0.05, 0) is 102 Å². The average molecular weight is 653 g/mol. The van der Waals surface area contributed by atoms with Gasteiger partial charge in [0.05, 0.1) is 23.1 Å². The van der Waals surface area contributed by atoms with Gasteiger partial charge in [-0.15, -0.1) is 0 Å². The number of rotatable bonds is 2. The number of carbonyl (C=O) groups excluding carboxylic acids is 1. The molecule has 12 heteroatoms. The van der Waals surface area contributed by atoms with Crippen LogP contribution in [0.3, 0.4) is 0 Å². The van der Waals surface area contributed by atoms with Gasteiger partial charge in [0.15, 0.2) is 11.5 Å². The third-order valence-corrected chi connectivity index (χ3v) is 9.97. The number of benzene rings is 4. The van der Waals surface area contributed by atoms with Crippen molar-refractivity contribution in [2.24, 2.45) is 0 Å². The fourth-order valence-electron chi connectivity index (χ4n) is 5.71. The molecule has 4 aliphatic rings. The van der Waals surface area contributed by atoms with Crippen LogP contribution in [0.1, 0.15) is 46.7 Å². The number of nitrogens with one attached hydrogen (secondary N) is 1. The monoisotopic (exact) mass is 652 g/mol. The van der Waals surface area contributed by atoms with Crippen LogP contribution in [0.4, 0.5) is 13.2 Å². The van der Waals surface area contributed by atoms with E-state index in [9.17, 15) is 31.5 Å². The second-order valence-electron chi connectivity index (χ2n) is 11.2. The summed E-state index contributed by atoms with van der Waals surface area (Å²) in [6, 6.07) is 19.9. The number of alkyl halides is 3. The summed E-state index contributed by atoms with van der Waals surface area (Å²) in [5.74, 6) is 1.03. The van der Waals surface area contributed by atoms with Crippen LogP contribution in [0.2, 0.25) is 0 Å². The van der Waals surface area contributed by atoms with Crippen molar-refractivity contribution < 1.29 is 41.0 Å². The van der Waals surface area contributed by atoms with E-state index < -0.39 is 27.8 Å². The van der Waals surface area contributed by atoms with Crippen LogP contribution < -0.4 is 14.8 Å². The predicted molar refractivity (Wildman–Crippen MR) is 163 cm³/mol. The number of halogens is 3. The number of carbonyl (C=O) groups is 1. The van der Waals surface area contributed by atoms with Gasteiger partial charge in [0.25, 0.3) is 0 Å². The van der Waals surface area contributed by atoms with Crippen LogP contribution >= 0.6 is 0 Å². The molecule has 0 spiro atoms. The fraction of sp³-hybridized carbons (Fsp3) is 0.265. The van der Waals surface area contributed by atoms with Crippen molar-refractivity contribution in [2.45, 2.75) is 42.8 Å². The highest BCUT2D eigenvalue weighted by Crippen LogP contribution is 2.42. The van der Waals surface area contributed by atoms with E-state index in [4.69, 9.17) is 9.47 Å². The lowest BCUT2D eigenvalue weighted by molar-refractivity contribution is -0.137. The minimum atomic E-state index is -4.60. The van der Waals surface area contributed by atoms with Gasteiger partial charge in [0.1, 0.15) is 11.5 Å². The molecule has 1 atom stereocenters. The highest BCUT2D eigenvalue weighted by molar-refractivity contribution is 7.89. The third-order valence-electron chi connectivity index (χ3n) is 8.09. The van der Waals surface area contributed by atoms with Gasteiger partial charge in [-0.3, -0.25) is 4.79 Å². The molecule has 1 amide bonds. The molecule has 4 aromatic carbocycles. The molecule has 0 saturated carbocycles. The Kier molecular flexibility index (Phi) is 8.67. The summed E-state index contributed by atoms with van der Waals surface area (Å²) in [4.78, 5) is 12.1. The van der Waals surface area contributed by atoms with Crippen molar-refractivity contribution in [1.82, 2.24) is 9.62 Å². The van der Waals surface area contributed by atoms with Gasteiger partial charge in [-0.25, -0.2) is 8.42 Å². The molecule has 0 aliphatic carbocycles. The first kappa shape index (κ1) is 31.4. The molecule has 0 saturated heterocycles. The van der Waals surface area contributed by atoms with Gasteiger partial charge in [-0.1, -0.05) is 24.3 Å². The molecule has 1 unspecified atom stereocenters. The SMILES string of the molecule is O=C1CCc2ccc(O)c(c2)Oc2ccc3c(c2)CCN(S(=O)(=O)c2ccc(C(F)(F)F)cc2)C3c2ccc(cc2)OCCCN1. The predicted octanol–water partition coefficient (Wildman–Crippen LogP) is 6.37. The van der Waals surface area contributed by atoms with Crippen LogP contribution in [0.5, 0.6) is 23.0 Å². The molecule has 0 radical (unpaired) electrons. The van der Waals surface area contributed by atoms with E-state index in [1.807, 2.05) is 0 Å². The lowest BCUT2D eigenvalue weighted by atomic mass is 9.89. The number of aryl methyl sites for hydroxylation is 1. The number of phenolic OH excluding ortho intramolecular Hbond substituents is 1. The van der Waals surface area contributed by atoms with Gasteiger partial charge in [-0.2, -0.15) is 17.5 Å². The molecule has 4 aromatic rings. The Balaban J connectivity index is 1.40. The highest BCUT2D eigenvalue weighted by atomic mass is 32.2. The normalized spacial score (nSPS) is 17.8. The Morgan fingerprint density at radius 2 is 1.61 bits per heavy atom. The van der Waals surface area contributed by atoms with E-state index in [1.54, 1.807) is 54.6 Å². The Bertz CT molecular complexity index is 1840. The molecule has 0 fully saturated rings. The quantitative estimate of drug-likeness (QED) is 0.261. The van der Waals surface area contributed by atoms with E-state index in [2.05, 4.69) is 5.32 Å². The van der Waals surface area contributed by atoms with E-state index in [0.29, 0.717) is 55.0 Å². The summed E-state index contributed by atoms with van der Waals surface area (Å²) < 4.78 is 80.8. The third kappa shape index (κ3) is 6.68. The average Bonchev–Trinajstić information content (AvgIpc) is 3.04. The van der Waals surface area contributed by atoms with E-state index in [-0.39, 0.29) is 35.3 Å². The van der Waals surface area contributed by atoms with Crippen molar-refractivity contribution >= 4 is 15.9 Å². The van der Waals surface area contributed by atoms with Crippen molar-refractivity contribution in [1.29, 1.82) is 0 Å². The first-order valence-electron chi connectivity index (χ1n) is 14.8. The van der Waals surface area contributed by atoms with Crippen LogP contribution in [0.25, 0.3) is 0 Å². The number of ether oxygens (including phenoxy) is 2. The van der Waals surface area contributed by atoms with E-state index >= 15 is 0 Å². The number of amides is 1. The first-order valence-corrected chi connectivity index (χ1v) is 16.2. The maximum Gasteiger partial charge on any atom is 0.416 e. The molecule has 0 aromatic heterocycles. The second-order valence-corrected chi connectivity index (χ2v) is 13.1. The van der Waals surface area contributed by atoms with Gasteiger partial charge in [0, 0.05) is 19.5 Å². The van der Waals surface area contributed by atoms with Crippen molar-refractivity contribution in [2.75, 3.05) is 19.7 Å². The van der Waals surface area contributed by atoms with Gasteiger partial charge < -0.3 is 19.9 Å². The summed E-state index contributed by atoms with van der Waals surface area (Å²) in [6.45, 7) is 0.836. The highest BCUT2D eigenvalue weighted by Gasteiger charge is 2.38. The van der Waals surface area contributed by atoms with Crippen molar-refractivity contribution in [3.8, 4) is 23.0 Å². The maximum atomic E-state index is 14.0. The lowest BCUT2D eigenvalue weighted by Crippen LogP contribution is -2.40. The zero-order chi connectivity index (χ0) is 32.5. The summed E-state index contributed by atoms with van der Waals surface area (Å²) in [5, 5.41) is 13.4. The number of nitrogens with zero attached hydrogens (tertiary/aromatic N) is 1. The molecule has 8 rings (SSSR count). The number of aromatic hydroxyl groups is 1. The minimum absolute atomic E-state index is 0.0600. The number of hydrogen-bond acceptors (Lipinski definition) is 6. The lowest BCUT2D eigenvalue weighted by Gasteiger charge is -2.37. The molecular formula is C34H31F3N2O6S. The second kappa shape index (κ2) is 12.7. The Morgan fingerprint density at radius 1 is 0.870 bits per heavy atom. The van der Waals surface area contributed by atoms with Gasteiger partial charge in [0.2, 0.25) is 15.9 Å². The number of phenols is 1. The summed E-state index contributed by atoms with van der Waals surface area (Å²) >= 11 is 0. The molecule has 4 heterocycles. The molecule has 8 bridgehead atoms. The van der Waals surface area contributed by atoms with Gasteiger partial charge >= 0.3 is 6.18 Å². The minimum Gasteiger partial charge on any atom is -0.504 e. The fourth-order valence-corrected chi connectivity index (χ4v) is 7.30. The number of fused-ring (bicyclic) bond motifs is 1.